The summed E-state index contributed by atoms with van der Waals surface area (Å²) >= 11 is 0. The number of hydrogen-bond acceptors (Lipinski definition) is 2. The molecule has 1 aliphatic carbocycles. The third-order valence-electron chi connectivity index (χ3n) is 4.77. The van der Waals surface area contributed by atoms with Gasteiger partial charge in [0.15, 0.2) is 0 Å². The van der Waals surface area contributed by atoms with Crippen molar-refractivity contribution in [2.24, 2.45) is 11.3 Å². The largest absolute Gasteiger partial charge is 0.352 e. The first kappa shape index (κ1) is 15.7. The first-order valence-corrected chi connectivity index (χ1v) is 7.84. The van der Waals surface area contributed by atoms with Crippen molar-refractivity contribution < 1.29 is 9.18 Å². The Labute approximate surface area is 135 Å². The predicted octanol–water partition coefficient (Wildman–Crippen LogP) is 3.59. The molecule has 120 valence electrons. The van der Waals surface area contributed by atoms with Gasteiger partial charge in [-0.05, 0) is 47.7 Å². The molecule has 1 aromatic heterocycles. The van der Waals surface area contributed by atoms with E-state index in [1.54, 1.807) is 18.3 Å². The number of hydrogen-bond donors (Lipinski definition) is 1. The lowest BCUT2D eigenvalue weighted by molar-refractivity contribution is -0.123. The smallest absolute Gasteiger partial charge is 0.224 e. The topological polar surface area (TPSA) is 42.0 Å². The number of nitrogens with zero attached hydrogens (tertiary/aromatic N) is 1. The van der Waals surface area contributed by atoms with Gasteiger partial charge in [0.25, 0.3) is 0 Å². The van der Waals surface area contributed by atoms with Gasteiger partial charge in [0, 0.05) is 24.4 Å². The van der Waals surface area contributed by atoms with Gasteiger partial charge >= 0.3 is 0 Å². The van der Waals surface area contributed by atoms with Gasteiger partial charge in [-0.25, -0.2) is 4.39 Å². The molecule has 0 aliphatic heterocycles. The van der Waals surface area contributed by atoms with E-state index >= 15 is 0 Å². The van der Waals surface area contributed by atoms with Crippen LogP contribution in [0.2, 0.25) is 0 Å². The Hall–Kier alpha value is -2.23. The highest BCUT2D eigenvalue weighted by molar-refractivity contribution is 5.84. The van der Waals surface area contributed by atoms with Crippen LogP contribution in [0.3, 0.4) is 0 Å². The lowest BCUT2D eigenvalue weighted by Gasteiger charge is -2.06. The fourth-order valence-corrected chi connectivity index (χ4v) is 3.43. The molecule has 0 saturated heterocycles. The van der Waals surface area contributed by atoms with Crippen molar-refractivity contribution in [3.8, 4) is 0 Å². The van der Waals surface area contributed by atoms with Crippen LogP contribution in [0, 0.1) is 24.1 Å². The maximum absolute atomic E-state index is 13.1. The summed E-state index contributed by atoms with van der Waals surface area (Å²) in [6.45, 7) is 6.61. The summed E-state index contributed by atoms with van der Waals surface area (Å²) in [5.74, 6) is -0.127. The van der Waals surface area contributed by atoms with Gasteiger partial charge in [-0.2, -0.15) is 0 Å². The molecule has 23 heavy (non-hydrogen) atoms. The van der Waals surface area contributed by atoms with E-state index in [1.807, 2.05) is 19.1 Å². The average Bonchev–Trinajstić information content (AvgIpc) is 3.08. The Morgan fingerprint density at radius 1 is 1.26 bits per heavy atom. The number of aryl methyl sites for hydroxylation is 1. The fraction of sp³-hybridized carbons (Fsp3) is 0.368. The van der Waals surface area contributed by atoms with E-state index in [2.05, 4.69) is 24.1 Å². The monoisotopic (exact) mass is 312 g/mol. The first-order valence-electron chi connectivity index (χ1n) is 7.84. The van der Waals surface area contributed by atoms with Crippen LogP contribution in [0.25, 0.3) is 0 Å². The number of carbonyl (C=O) groups excluding carboxylic acids is 1. The SMILES string of the molecule is Cc1cc(CNC(=O)C2C(c3ccc(F)cc3)C2(C)C)ccn1. The van der Waals surface area contributed by atoms with Crippen LogP contribution in [-0.2, 0) is 11.3 Å². The normalized spacial score (nSPS) is 21.7. The molecule has 1 amide bonds. The summed E-state index contributed by atoms with van der Waals surface area (Å²) in [6.07, 6.45) is 1.75. The Bertz CT molecular complexity index is 724. The molecule has 2 atom stereocenters. The van der Waals surface area contributed by atoms with Crippen LogP contribution in [0.1, 0.15) is 36.6 Å². The van der Waals surface area contributed by atoms with Gasteiger partial charge < -0.3 is 5.32 Å². The zero-order valence-electron chi connectivity index (χ0n) is 13.6. The first-order chi connectivity index (χ1) is 10.9. The quantitative estimate of drug-likeness (QED) is 0.937. The molecule has 3 rings (SSSR count). The van der Waals surface area contributed by atoms with Gasteiger partial charge in [0.05, 0.1) is 5.92 Å². The zero-order valence-corrected chi connectivity index (χ0v) is 13.6. The minimum absolute atomic E-state index is 0.0544. The van der Waals surface area contributed by atoms with E-state index < -0.39 is 0 Å². The molecule has 2 aromatic rings. The third kappa shape index (κ3) is 3.11. The van der Waals surface area contributed by atoms with E-state index in [4.69, 9.17) is 0 Å². The second kappa shape index (κ2) is 5.76. The van der Waals surface area contributed by atoms with E-state index in [-0.39, 0.29) is 29.0 Å². The molecular formula is C19H21FN2O. The van der Waals surface area contributed by atoms with Crippen molar-refractivity contribution in [2.45, 2.75) is 33.2 Å². The number of aromatic nitrogens is 1. The summed E-state index contributed by atoms with van der Waals surface area (Å²) < 4.78 is 13.1. The highest BCUT2D eigenvalue weighted by atomic mass is 19.1. The third-order valence-corrected chi connectivity index (χ3v) is 4.77. The molecule has 0 radical (unpaired) electrons. The maximum Gasteiger partial charge on any atom is 0.224 e. The molecule has 1 fully saturated rings. The molecule has 1 aliphatic rings. The highest BCUT2D eigenvalue weighted by Gasteiger charge is 2.62. The molecule has 4 heteroatoms. The van der Waals surface area contributed by atoms with E-state index in [0.717, 1.165) is 16.8 Å². The van der Waals surface area contributed by atoms with Crippen molar-refractivity contribution in [1.82, 2.24) is 10.3 Å². The standard InChI is InChI=1S/C19H21FN2O/c1-12-10-13(8-9-21-12)11-22-18(23)17-16(19(17,2)3)14-4-6-15(20)7-5-14/h4-10,16-17H,11H2,1-3H3,(H,22,23). The molecular weight excluding hydrogens is 291 g/mol. The Morgan fingerprint density at radius 2 is 1.96 bits per heavy atom. The molecule has 0 spiro atoms. The minimum Gasteiger partial charge on any atom is -0.352 e. The van der Waals surface area contributed by atoms with Gasteiger partial charge in [-0.15, -0.1) is 0 Å². The molecule has 1 saturated carbocycles. The molecule has 3 nitrogen and oxygen atoms in total. The number of amides is 1. The zero-order chi connectivity index (χ0) is 16.6. The van der Waals surface area contributed by atoms with Crippen LogP contribution >= 0.6 is 0 Å². The van der Waals surface area contributed by atoms with Crippen LogP contribution in [0.5, 0.6) is 0 Å². The minimum atomic E-state index is -0.249. The van der Waals surface area contributed by atoms with Crippen molar-refractivity contribution in [1.29, 1.82) is 0 Å². The summed E-state index contributed by atoms with van der Waals surface area (Å²) in [5, 5.41) is 3.01. The molecule has 1 heterocycles. The van der Waals surface area contributed by atoms with Gasteiger partial charge in [-0.3, -0.25) is 9.78 Å². The van der Waals surface area contributed by atoms with Crippen LogP contribution in [0.4, 0.5) is 4.39 Å². The van der Waals surface area contributed by atoms with Gasteiger partial charge in [0.2, 0.25) is 5.91 Å². The second-order valence-electron chi connectivity index (χ2n) is 6.85. The predicted molar refractivity (Wildman–Crippen MR) is 87.2 cm³/mol. The fourth-order valence-electron chi connectivity index (χ4n) is 3.43. The number of rotatable bonds is 4. The van der Waals surface area contributed by atoms with Gasteiger partial charge in [0.1, 0.15) is 5.82 Å². The van der Waals surface area contributed by atoms with Gasteiger partial charge in [-0.1, -0.05) is 26.0 Å². The van der Waals surface area contributed by atoms with Crippen molar-refractivity contribution in [2.75, 3.05) is 0 Å². The molecule has 2 unspecified atom stereocenters. The van der Waals surface area contributed by atoms with Crippen molar-refractivity contribution in [3.05, 3.63) is 65.2 Å². The molecule has 0 bridgehead atoms. The van der Waals surface area contributed by atoms with Crippen LogP contribution < -0.4 is 5.32 Å². The highest BCUT2D eigenvalue weighted by Crippen LogP contribution is 2.64. The number of carbonyl (C=O) groups is 1. The lowest BCUT2D eigenvalue weighted by Crippen LogP contribution is -2.26. The second-order valence-corrected chi connectivity index (χ2v) is 6.85. The average molecular weight is 312 g/mol. The van der Waals surface area contributed by atoms with E-state index in [0.29, 0.717) is 6.54 Å². The van der Waals surface area contributed by atoms with Crippen LogP contribution in [-0.4, -0.2) is 10.9 Å². The van der Waals surface area contributed by atoms with Crippen molar-refractivity contribution >= 4 is 5.91 Å². The Morgan fingerprint density at radius 3 is 2.61 bits per heavy atom. The summed E-state index contributed by atoms with van der Waals surface area (Å²) in [6, 6.07) is 10.3. The lowest BCUT2D eigenvalue weighted by atomic mass is 10.0. The Kier molecular flexibility index (Phi) is 3.92. The molecule has 1 aromatic carbocycles. The van der Waals surface area contributed by atoms with Crippen LogP contribution in [0.15, 0.2) is 42.6 Å². The Balaban J connectivity index is 1.66. The summed E-state index contributed by atoms with van der Waals surface area (Å²) in [4.78, 5) is 16.7. The number of nitrogens with one attached hydrogen (secondary N) is 1. The number of benzene rings is 1. The summed E-state index contributed by atoms with van der Waals surface area (Å²) in [7, 11) is 0. The molecule has 1 N–H and O–H groups in total. The number of pyridine rings is 1. The van der Waals surface area contributed by atoms with E-state index in [9.17, 15) is 9.18 Å². The number of halogens is 1. The maximum atomic E-state index is 13.1. The summed E-state index contributed by atoms with van der Waals surface area (Å²) in [5.41, 5.74) is 2.91. The van der Waals surface area contributed by atoms with E-state index in [1.165, 1.54) is 12.1 Å². The van der Waals surface area contributed by atoms with Crippen molar-refractivity contribution in [3.63, 3.8) is 0 Å².